The molecule has 0 radical (unpaired) electrons. The van der Waals surface area contributed by atoms with E-state index in [9.17, 15) is 0 Å². The van der Waals surface area contributed by atoms with Crippen LogP contribution < -0.4 is 4.90 Å². The average Bonchev–Trinajstić information content (AvgIpc) is 3.16. The fourth-order valence-electron chi connectivity index (χ4n) is 4.78. The Bertz CT molecular complexity index is 973. The highest BCUT2D eigenvalue weighted by Crippen LogP contribution is 2.41. The molecule has 1 unspecified atom stereocenters. The topological polar surface area (TPSA) is 28.9 Å². The van der Waals surface area contributed by atoms with E-state index in [4.69, 9.17) is 9.15 Å². The number of hydrogen-bond donors (Lipinski definition) is 0. The van der Waals surface area contributed by atoms with Gasteiger partial charge in [0.2, 0.25) is 0 Å². The van der Waals surface area contributed by atoms with Gasteiger partial charge < -0.3 is 19.0 Å². The van der Waals surface area contributed by atoms with Gasteiger partial charge in [-0.05, 0) is 48.0 Å². The first kappa shape index (κ1) is 16.8. The molecular weight excluding hydrogens is 336 g/mol. The molecule has 0 bridgehead atoms. The second-order valence-corrected chi connectivity index (χ2v) is 8.12. The van der Waals surface area contributed by atoms with E-state index in [-0.39, 0.29) is 5.41 Å². The number of likely N-dealkylation sites (N-methyl/N-ethyl adjacent to an activating group) is 1. The third-order valence-corrected chi connectivity index (χ3v) is 6.18. The molecule has 1 fully saturated rings. The van der Waals surface area contributed by atoms with Crippen molar-refractivity contribution in [3.05, 3.63) is 65.4 Å². The molecule has 1 aromatic heterocycles. The van der Waals surface area contributed by atoms with Crippen LogP contribution in [0, 0.1) is 0 Å². The Hall–Kier alpha value is -2.30. The van der Waals surface area contributed by atoms with Crippen molar-refractivity contribution in [2.24, 2.45) is 0 Å². The molecule has 1 saturated heterocycles. The molecule has 2 aliphatic rings. The summed E-state index contributed by atoms with van der Waals surface area (Å²) in [5, 5.41) is 1.16. The zero-order chi connectivity index (χ0) is 18.4. The summed E-state index contributed by atoms with van der Waals surface area (Å²) >= 11 is 0. The molecule has 4 heteroatoms. The van der Waals surface area contributed by atoms with Crippen LogP contribution in [-0.2, 0) is 16.7 Å². The summed E-state index contributed by atoms with van der Waals surface area (Å²) in [4.78, 5) is 4.86. The van der Waals surface area contributed by atoms with E-state index in [2.05, 4.69) is 60.2 Å². The van der Waals surface area contributed by atoms with Gasteiger partial charge in [-0.15, -0.1) is 0 Å². The molecule has 2 aromatic carbocycles. The number of anilines is 1. The number of hydrogen-bond acceptors (Lipinski definition) is 4. The monoisotopic (exact) mass is 362 g/mol. The van der Waals surface area contributed by atoms with E-state index in [0.29, 0.717) is 0 Å². The number of ether oxygens (including phenoxy) is 1. The molecule has 2 aliphatic heterocycles. The van der Waals surface area contributed by atoms with Gasteiger partial charge in [-0.25, -0.2) is 0 Å². The fraction of sp³-hybridized carbons (Fsp3) is 0.391. The van der Waals surface area contributed by atoms with Crippen molar-refractivity contribution in [1.82, 2.24) is 4.90 Å². The molecule has 0 spiro atoms. The summed E-state index contributed by atoms with van der Waals surface area (Å²) in [6.45, 7) is 7.94. The zero-order valence-electron chi connectivity index (χ0n) is 16.1. The van der Waals surface area contributed by atoms with Crippen LogP contribution in [0.25, 0.3) is 11.0 Å². The van der Waals surface area contributed by atoms with E-state index in [1.54, 1.807) is 6.26 Å². The molecular formula is C23H26N2O2. The molecule has 27 heavy (non-hydrogen) atoms. The highest BCUT2D eigenvalue weighted by molar-refractivity contribution is 5.78. The Morgan fingerprint density at radius 2 is 1.85 bits per heavy atom. The van der Waals surface area contributed by atoms with Crippen LogP contribution in [0.5, 0.6) is 0 Å². The first-order chi connectivity index (χ1) is 13.1. The fourth-order valence-corrected chi connectivity index (χ4v) is 4.78. The third kappa shape index (κ3) is 2.84. The number of morpholine rings is 1. The van der Waals surface area contributed by atoms with Crippen molar-refractivity contribution in [2.45, 2.75) is 18.9 Å². The molecule has 0 amide bonds. The Morgan fingerprint density at radius 3 is 2.70 bits per heavy atom. The van der Waals surface area contributed by atoms with Crippen LogP contribution >= 0.6 is 0 Å². The summed E-state index contributed by atoms with van der Waals surface area (Å²) in [5.74, 6) is 0. The highest BCUT2D eigenvalue weighted by atomic mass is 16.5. The minimum Gasteiger partial charge on any atom is -0.464 e. The second-order valence-electron chi connectivity index (χ2n) is 8.12. The number of benzene rings is 2. The molecule has 5 rings (SSSR count). The van der Waals surface area contributed by atoms with E-state index >= 15 is 0 Å². The lowest BCUT2D eigenvalue weighted by Gasteiger charge is -2.42. The van der Waals surface area contributed by atoms with E-state index in [1.807, 2.05) is 6.07 Å². The van der Waals surface area contributed by atoms with Crippen LogP contribution in [0.15, 0.2) is 53.1 Å². The molecule has 140 valence electrons. The van der Waals surface area contributed by atoms with Crippen molar-refractivity contribution in [3.63, 3.8) is 0 Å². The highest BCUT2D eigenvalue weighted by Gasteiger charge is 2.36. The summed E-state index contributed by atoms with van der Waals surface area (Å²) < 4.78 is 11.2. The summed E-state index contributed by atoms with van der Waals surface area (Å²) in [6.07, 6.45) is 1.77. The summed E-state index contributed by atoms with van der Waals surface area (Å²) in [5.41, 5.74) is 6.41. The smallest absolute Gasteiger partial charge is 0.134 e. The van der Waals surface area contributed by atoms with Crippen LogP contribution in [0.2, 0.25) is 0 Å². The van der Waals surface area contributed by atoms with Crippen molar-refractivity contribution in [1.29, 1.82) is 0 Å². The van der Waals surface area contributed by atoms with Gasteiger partial charge in [-0.2, -0.15) is 0 Å². The standard InChI is InChI=1S/C23H26N2O2/c1-23(19-4-3-17-7-10-27-22(17)14-19)16-24(2)15-18-13-20(5-6-21(18)23)25-8-11-26-12-9-25/h3-7,10,13-14H,8-9,11-12,15-16H2,1-2H3. The maximum atomic E-state index is 5.68. The van der Waals surface area contributed by atoms with Crippen LogP contribution in [0.3, 0.4) is 0 Å². The maximum Gasteiger partial charge on any atom is 0.134 e. The van der Waals surface area contributed by atoms with Gasteiger partial charge in [0.1, 0.15) is 5.58 Å². The van der Waals surface area contributed by atoms with E-state index < -0.39 is 0 Å². The molecule has 0 N–H and O–H groups in total. The zero-order valence-corrected chi connectivity index (χ0v) is 16.1. The predicted molar refractivity (Wildman–Crippen MR) is 108 cm³/mol. The minimum absolute atomic E-state index is 0.0488. The van der Waals surface area contributed by atoms with Gasteiger partial charge in [0.05, 0.1) is 19.5 Å². The molecule has 0 saturated carbocycles. The first-order valence-electron chi connectivity index (χ1n) is 9.76. The Balaban J connectivity index is 1.58. The van der Waals surface area contributed by atoms with Gasteiger partial charge in [0, 0.05) is 42.7 Å². The van der Waals surface area contributed by atoms with Crippen molar-refractivity contribution >= 4 is 16.7 Å². The largest absolute Gasteiger partial charge is 0.464 e. The lowest BCUT2D eigenvalue weighted by atomic mass is 9.71. The quantitative estimate of drug-likeness (QED) is 0.688. The Labute approximate surface area is 160 Å². The van der Waals surface area contributed by atoms with Gasteiger partial charge in [0.15, 0.2) is 0 Å². The normalized spacial score (nSPS) is 23.6. The van der Waals surface area contributed by atoms with Crippen molar-refractivity contribution < 1.29 is 9.15 Å². The molecule has 3 aromatic rings. The van der Waals surface area contributed by atoms with Gasteiger partial charge in [0.25, 0.3) is 0 Å². The molecule has 0 aliphatic carbocycles. The number of nitrogens with zero attached hydrogens (tertiary/aromatic N) is 2. The van der Waals surface area contributed by atoms with Crippen LogP contribution in [0.1, 0.15) is 23.6 Å². The maximum absolute atomic E-state index is 5.68. The molecule has 4 nitrogen and oxygen atoms in total. The van der Waals surface area contributed by atoms with Gasteiger partial charge in [-0.3, -0.25) is 0 Å². The molecule has 1 atom stereocenters. The van der Waals surface area contributed by atoms with Crippen molar-refractivity contribution in [2.75, 3.05) is 44.8 Å². The predicted octanol–water partition coefficient (Wildman–Crippen LogP) is 4.02. The van der Waals surface area contributed by atoms with Crippen molar-refractivity contribution in [3.8, 4) is 0 Å². The average molecular weight is 362 g/mol. The van der Waals surface area contributed by atoms with E-state index in [0.717, 1.165) is 50.4 Å². The summed E-state index contributed by atoms with van der Waals surface area (Å²) in [6, 6.07) is 15.7. The minimum atomic E-state index is -0.0488. The van der Waals surface area contributed by atoms with E-state index in [1.165, 1.54) is 22.4 Å². The Kier molecular flexibility index (Phi) is 3.99. The molecule has 3 heterocycles. The number of furan rings is 1. The van der Waals surface area contributed by atoms with Crippen LogP contribution in [-0.4, -0.2) is 44.8 Å². The SMILES string of the molecule is CN1Cc2cc(N3CCOCC3)ccc2C(C)(c2ccc3ccoc3c2)C1. The second kappa shape index (κ2) is 6.39. The first-order valence-corrected chi connectivity index (χ1v) is 9.76. The third-order valence-electron chi connectivity index (χ3n) is 6.18. The summed E-state index contributed by atoms with van der Waals surface area (Å²) in [7, 11) is 2.22. The van der Waals surface area contributed by atoms with Gasteiger partial charge in [-0.1, -0.05) is 25.1 Å². The Morgan fingerprint density at radius 1 is 1.00 bits per heavy atom. The lowest BCUT2D eigenvalue weighted by molar-refractivity contribution is 0.122. The van der Waals surface area contributed by atoms with Crippen LogP contribution in [0.4, 0.5) is 5.69 Å². The van der Waals surface area contributed by atoms with Gasteiger partial charge >= 0.3 is 0 Å². The number of rotatable bonds is 2. The lowest BCUT2D eigenvalue weighted by Crippen LogP contribution is -2.43. The number of fused-ring (bicyclic) bond motifs is 2.